The first kappa shape index (κ1) is 24.3. The molecule has 2 aromatic carbocycles. The van der Waals surface area contributed by atoms with Gasteiger partial charge in [-0.2, -0.15) is 8.42 Å². The number of carbonyl (C=O) groups is 2. The van der Waals surface area contributed by atoms with E-state index in [9.17, 15) is 18.0 Å². The van der Waals surface area contributed by atoms with Gasteiger partial charge in [0.1, 0.15) is 12.7 Å². The van der Waals surface area contributed by atoms with Crippen LogP contribution in [-0.4, -0.2) is 37.5 Å². The lowest BCUT2D eigenvalue weighted by Gasteiger charge is -2.37. The van der Waals surface area contributed by atoms with Gasteiger partial charge in [0.2, 0.25) is 0 Å². The highest BCUT2D eigenvalue weighted by molar-refractivity contribution is 7.86. The van der Waals surface area contributed by atoms with Gasteiger partial charge in [0.25, 0.3) is 10.1 Å². The van der Waals surface area contributed by atoms with E-state index >= 15 is 0 Å². The van der Waals surface area contributed by atoms with Crippen LogP contribution in [0.4, 0.5) is 4.79 Å². The van der Waals surface area contributed by atoms with Gasteiger partial charge in [-0.05, 0) is 30.7 Å². The summed E-state index contributed by atoms with van der Waals surface area (Å²) >= 11 is 12.6. The summed E-state index contributed by atoms with van der Waals surface area (Å²) in [5, 5.41) is 0.276. The SMILES string of the molecule is CC1C(C(OS(C)(=O)=O)c2c(Cl)cccc2Cl)C(=O)C=CN1C(=O)OCc1ccccc1. The number of allylic oxidation sites excluding steroid dienone is 1. The van der Waals surface area contributed by atoms with Crippen LogP contribution < -0.4 is 0 Å². The average molecular weight is 498 g/mol. The second kappa shape index (κ2) is 10.0. The highest BCUT2D eigenvalue weighted by atomic mass is 35.5. The molecule has 0 aromatic heterocycles. The Labute approximate surface area is 196 Å². The monoisotopic (exact) mass is 497 g/mol. The second-order valence-electron chi connectivity index (χ2n) is 7.29. The Bertz CT molecular complexity index is 1120. The van der Waals surface area contributed by atoms with Crippen molar-refractivity contribution in [3.8, 4) is 0 Å². The van der Waals surface area contributed by atoms with Gasteiger partial charge >= 0.3 is 6.09 Å². The molecule has 1 heterocycles. The summed E-state index contributed by atoms with van der Waals surface area (Å²) in [6.45, 7) is 1.63. The highest BCUT2D eigenvalue weighted by Gasteiger charge is 2.43. The van der Waals surface area contributed by atoms with Crippen molar-refractivity contribution in [2.75, 3.05) is 6.26 Å². The van der Waals surface area contributed by atoms with Crippen LogP contribution in [0.15, 0.2) is 60.8 Å². The quantitative estimate of drug-likeness (QED) is 0.534. The number of ketones is 1. The van der Waals surface area contributed by atoms with Crippen molar-refractivity contribution in [1.82, 2.24) is 4.90 Å². The zero-order chi connectivity index (χ0) is 23.5. The predicted molar refractivity (Wildman–Crippen MR) is 121 cm³/mol. The van der Waals surface area contributed by atoms with Gasteiger partial charge in [-0.25, -0.2) is 4.79 Å². The topological polar surface area (TPSA) is 90.0 Å². The Morgan fingerprint density at radius 1 is 1.09 bits per heavy atom. The van der Waals surface area contributed by atoms with E-state index in [-0.39, 0.29) is 22.2 Å². The molecule has 0 N–H and O–H groups in total. The van der Waals surface area contributed by atoms with Crippen molar-refractivity contribution in [2.45, 2.75) is 25.7 Å². The van der Waals surface area contributed by atoms with Crippen LogP contribution >= 0.6 is 23.2 Å². The van der Waals surface area contributed by atoms with Crippen LogP contribution in [0.1, 0.15) is 24.2 Å². The number of benzene rings is 2. The van der Waals surface area contributed by atoms with Crippen LogP contribution in [0.5, 0.6) is 0 Å². The van der Waals surface area contributed by atoms with Gasteiger partial charge in [0.05, 0.1) is 12.2 Å². The maximum atomic E-state index is 12.8. The fourth-order valence-electron chi connectivity index (χ4n) is 3.49. The summed E-state index contributed by atoms with van der Waals surface area (Å²) in [5.41, 5.74) is 0.947. The van der Waals surface area contributed by atoms with Crippen LogP contribution in [0.3, 0.4) is 0 Å². The maximum absolute atomic E-state index is 12.8. The molecule has 3 rings (SSSR count). The van der Waals surface area contributed by atoms with Gasteiger partial charge in [-0.3, -0.25) is 13.9 Å². The molecule has 0 fully saturated rings. The number of nitrogens with zero attached hydrogens (tertiary/aromatic N) is 1. The maximum Gasteiger partial charge on any atom is 0.414 e. The van der Waals surface area contributed by atoms with Crippen LogP contribution in [0.2, 0.25) is 10.0 Å². The van der Waals surface area contributed by atoms with E-state index in [1.54, 1.807) is 13.0 Å². The lowest BCUT2D eigenvalue weighted by Crippen LogP contribution is -2.48. The van der Waals surface area contributed by atoms with E-state index in [1.165, 1.54) is 29.3 Å². The molecule has 1 aliphatic rings. The Morgan fingerprint density at radius 3 is 2.31 bits per heavy atom. The smallest absolute Gasteiger partial charge is 0.414 e. The molecule has 0 radical (unpaired) electrons. The van der Waals surface area contributed by atoms with E-state index in [4.69, 9.17) is 32.1 Å². The lowest BCUT2D eigenvalue weighted by molar-refractivity contribution is -0.124. The molecule has 0 aliphatic carbocycles. The van der Waals surface area contributed by atoms with Crippen molar-refractivity contribution in [1.29, 1.82) is 0 Å². The van der Waals surface area contributed by atoms with Gasteiger partial charge in [-0.1, -0.05) is 59.6 Å². The molecular formula is C22H21Cl2NO6S. The van der Waals surface area contributed by atoms with E-state index in [0.29, 0.717) is 0 Å². The van der Waals surface area contributed by atoms with Crippen LogP contribution in [0.25, 0.3) is 0 Å². The zero-order valence-electron chi connectivity index (χ0n) is 17.3. The molecule has 32 heavy (non-hydrogen) atoms. The Morgan fingerprint density at radius 2 is 1.72 bits per heavy atom. The summed E-state index contributed by atoms with van der Waals surface area (Å²) in [7, 11) is -4.01. The highest BCUT2D eigenvalue weighted by Crippen LogP contribution is 2.41. The number of rotatable bonds is 6. The van der Waals surface area contributed by atoms with E-state index < -0.39 is 40.1 Å². The summed E-state index contributed by atoms with van der Waals surface area (Å²) < 4.78 is 34.7. The number of amides is 1. The molecule has 170 valence electrons. The van der Waals surface area contributed by atoms with Crippen LogP contribution in [-0.2, 0) is 30.4 Å². The Balaban J connectivity index is 1.92. The summed E-state index contributed by atoms with van der Waals surface area (Å²) in [6.07, 6.45) is 1.31. The standard InChI is InChI=1S/C22H21Cl2NO6S/c1-14-19(21(31-32(2,28)29)20-16(23)9-6-10-17(20)24)18(26)11-12-25(14)22(27)30-13-15-7-4-3-5-8-15/h3-12,14,19,21H,13H2,1-2H3. The van der Waals surface area contributed by atoms with E-state index in [1.807, 2.05) is 30.3 Å². The minimum absolute atomic E-state index is 0.0367. The average Bonchev–Trinajstić information content (AvgIpc) is 2.71. The molecule has 0 saturated carbocycles. The minimum atomic E-state index is -4.01. The third kappa shape index (κ3) is 5.69. The van der Waals surface area contributed by atoms with E-state index in [2.05, 4.69) is 0 Å². The van der Waals surface area contributed by atoms with Crippen molar-refractivity contribution in [3.05, 3.63) is 82.0 Å². The second-order valence-corrected chi connectivity index (χ2v) is 9.70. The Hall–Kier alpha value is -2.39. The number of halogens is 2. The molecule has 0 bridgehead atoms. The summed E-state index contributed by atoms with van der Waals surface area (Å²) in [5.74, 6) is -1.54. The first-order valence-corrected chi connectivity index (χ1v) is 12.2. The fraction of sp³-hybridized carbons (Fsp3) is 0.273. The third-order valence-electron chi connectivity index (χ3n) is 4.99. The number of ether oxygens (including phenoxy) is 1. The van der Waals surface area contributed by atoms with Gasteiger partial charge in [-0.15, -0.1) is 0 Å². The predicted octanol–water partition coefficient (Wildman–Crippen LogP) is 4.75. The van der Waals surface area contributed by atoms with Gasteiger partial charge in [0, 0.05) is 27.9 Å². The molecule has 1 aliphatic heterocycles. The number of hydrogen-bond donors (Lipinski definition) is 0. The molecule has 3 atom stereocenters. The number of hydrogen-bond acceptors (Lipinski definition) is 6. The third-order valence-corrected chi connectivity index (χ3v) is 6.21. The summed E-state index contributed by atoms with van der Waals surface area (Å²) in [6, 6.07) is 12.9. The molecule has 3 unspecified atom stereocenters. The normalized spacial score (nSPS) is 19.6. The Kier molecular flexibility index (Phi) is 7.61. The van der Waals surface area contributed by atoms with Crippen molar-refractivity contribution < 1.29 is 26.9 Å². The van der Waals surface area contributed by atoms with Gasteiger partial charge < -0.3 is 4.74 Å². The van der Waals surface area contributed by atoms with Crippen molar-refractivity contribution in [2.24, 2.45) is 5.92 Å². The summed E-state index contributed by atoms with van der Waals surface area (Å²) in [4.78, 5) is 26.8. The zero-order valence-corrected chi connectivity index (χ0v) is 19.6. The number of carbonyl (C=O) groups excluding carboxylic acids is 2. The van der Waals surface area contributed by atoms with Crippen molar-refractivity contribution in [3.63, 3.8) is 0 Å². The molecule has 0 spiro atoms. The minimum Gasteiger partial charge on any atom is -0.444 e. The molecule has 1 amide bonds. The molecule has 2 aromatic rings. The van der Waals surface area contributed by atoms with Gasteiger partial charge in [0.15, 0.2) is 5.78 Å². The molecule has 0 saturated heterocycles. The fourth-order valence-corrected chi connectivity index (χ4v) is 4.70. The molecule has 7 nitrogen and oxygen atoms in total. The van der Waals surface area contributed by atoms with Crippen LogP contribution in [0, 0.1) is 5.92 Å². The molecular weight excluding hydrogens is 477 g/mol. The largest absolute Gasteiger partial charge is 0.444 e. The van der Waals surface area contributed by atoms with E-state index in [0.717, 1.165) is 11.8 Å². The lowest BCUT2D eigenvalue weighted by atomic mass is 9.84. The molecule has 10 heteroatoms. The first-order valence-electron chi connectivity index (χ1n) is 9.61. The first-order chi connectivity index (χ1) is 15.1. The van der Waals surface area contributed by atoms with Crippen molar-refractivity contribution >= 4 is 45.2 Å².